The highest BCUT2D eigenvalue weighted by Gasteiger charge is 2.14. The second kappa shape index (κ2) is 5.57. The molecule has 1 heterocycles. The zero-order valence-corrected chi connectivity index (χ0v) is 12.2. The molecule has 0 aliphatic rings. The van der Waals surface area contributed by atoms with Gasteiger partial charge in [-0.05, 0) is 10.8 Å². The summed E-state index contributed by atoms with van der Waals surface area (Å²) in [5.41, 5.74) is 0.991. The Morgan fingerprint density at radius 2 is 1.95 bits per heavy atom. The van der Waals surface area contributed by atoms with Crippen molar-refractivity contribution in [3.8, 4) is 11.4 Å². The van der Waals surface area contributed by atoms with Gasteiger partial charge in [-0.3, -0.25) is 4.79 Å². The van der Waals surface area contributed by atoms with Crippen LogP contribution in [0.1, 0.15) is 0 Å². The number of fused-ring (bicyclic) bond motifs is 1. The predicted octanol–water partition coefficient (Wildman–Crippen LogP) is 2.81. The normalized spacial score (nSPS) is 10.9. The lowest BCUT2D eigenvalue weighted by atomic mass is 10.0. The third-order valence-corrected chi connectivity index (χ3v) is 4.20. The molecule has 5 nitrogen and oxygen atoms in total. The molecule has 0 atom stereocenters. The predicted molar refractivity (Wildman–Crippen MR) is 82.3 cm³/mol. The van der Waals surface area contributed by atoms with Gasteiger partial charge < -0.3 is 9.67 Å². The highest BCUT2D eigenvalue weighted by atomic mass is 32.2. The second-order valence-electron chi connectivity index (χ2n) is 4.57. The SMILES string of the molecule is Cn1c(SCC(=O)O)nnc1-c1cccc2ccccc12. The molecule has 2 aromatic carbocycles. The van der Waals surface area contributed by atoms with Crippen LogP contribution in [0.25, 0.3) is 22.2 Å². The van der Waals surface area contributed by atoms with Gasteiger partial charge in [0.15, 0.2) is 11.0 Å². The molecule has 106 valence electrons. The van der Waals surface area contributed by atoms with Crippen molar-refractivity contribution in [3.63, 3.8) is 0 Å². The molecular weight excluding hydrogens is 286 g/mol. The third-order valence-electron chi connectivity index (χ3n) is 3.19. The van der Waals surface area contributed by atoms with E-state index < -0.39 is 5.97 Å². The molecule has 3 rings (SSSR count). The summed E-state index contributed by atoms with van der Waals surface area (Å²) < 4.78 is 1.83. The fourth-order valence-corrected chi connectivity index (χ4v) is 2.85. The quantitative estimate of drug-likeness (QED) is 0.750. The number of hydrogen-bond donors (Lipinski definition) is 1. The van der Waals surface area contributed by atoms with Crippen molar-refractivity contribution >= 4 is 28.5 Å². The number of carboxylic acid groups (broad SMARTS) is 1. The van der Waals surface area contributed by atoms with Gasteiger partial charge in [0.25, 0.3) is 0 Å². The summed E-state index contributed by atoms with van der Waals surface area (Å²) in [7, 11) is 1.85. The topological polar surface area (TPSA) is 68.0 Å². The van der Waals surface area contributed by atoms with Crippen LogP contribution in [0, 0.1) is 0 Å². The van der Waals surface area contributed by atoms with Crippen LogP contribution >= 0.6 is 11.8 Å². The molecule has 0 aliphatic heterocycles. The van der Waals surface area contributed by atoms with E-state index in [1.807, 2.05) is 41.9 Å². The van der Waals surface area contributed by atoms with E-state index in [1.165, 1.54) is 11.8 Å². The molecule has 0 saturated heterocycles. The fourth-order valence-electron chi connectivity index (χ4n) is 2.22. The minimum absolute atomic E-state index is 0.0263. The summed E-state index contributed by atoms with van der Waals surface area (Å²) in [4.78, 5) is 10.7. The largest absolute Gasteiger partial charge is 0.481 e. The van der Waals surface area contributed by atoms with Gasteiger partial charge in [0.05, 0.1) is 5.75 Å². The summed E-state index contributed by atoms with van der Waals surface area (Å²) in [6.45, 7) is 0. The Bertz CT molecular complexity index is 808. The molecule has 1 N–H and O–H groups in total. The molecule has 0 bridgehead atoms. The molecule has 3 aromatic rings. The van der Waals surface area contributed by atoms with Crippen molar-refractivity contribution < 1.29 is 9.90 Å². The van der Waals surface area contributed by atoms with Gasteiger partial charge in [-0.15, -0.1) is 10.2 Å². The molecule has 0 saturated carbocycles. The molecule has 1 aromatic heterocycles. The number of benzene rings is 2. The van der Waals surface area contributed by atoms with Crippen LogP contribution in [-0.4, -0.2) is 31.6 Å². The van der Waals surface area contributed by atoms with Crippen molar-refractivity contribution in [2.45, 2.75) is 5.16 Å². The zero-order valence-electron chi connectivity index (χ0n) is 11.4. The summed E-state index contributed by atoms with van der Waals surface area (Å²) in [6.07, 6.45) is 0. The standard InChI is InChI=1S/C15H13N3O2S/c1-18-14(16-17-15(18)21-9-13(19)20)12-8-4-6-10-5-2-3-7-11(10)12/h2-8H,9H2,1H3,(H,19,20). The molecule has 0 amide bonds. The number of carboxylic acids is 1. The van der Waals surface area contributed by atoms with Gasteiger partial charge >= 0.3 is 5.97 Å². The van der Waals surface area contributed by atoms with Crippen molar-refractivity contribution in [2.75, 3.05) is 5.75 Å². The van der Waals surface area contributed by atoms with Crippen LogP contribution in [0.15, 0.2) is 47.6 Å². The molecule has 0 aliphatic carbocycles. The van der Waals surface area contributed by atoms with E-state index in [9.17, 15) is 4.79 Å². The molecule has 0 fully saturated rings. The summed E-state index contributed by atoms with van der Waals surface area (Å²) in [5.74, 6) is -0.156. The van der Waals surface area contributed by atoms with Crippen molar-refractivity contribution in [2.24, 2.45) is 7.05 Å². The monoisotopic (exact) mass is 299 g/mol. The minimum Gasteiger partial charge on any atom is -0.481 e. The third kappa shape index (κ3) is 2.62. The number of nitrogens with zero attached hydrogens (tertiary/aromatic N) is 3. The van der Waals surface area contributed by atoms with Crippen LogP contribution in [0.3, 0.4) is 0 Å². The van der Waals surface area contributed by atoms with Gasteiger partial charge in [0.1, 0.15) is 0 Å². The lowest BCUT2D eigenvalue weighted by molar-refractivity contribution is -0.133. The first-order valence-electron chi connectivity index (χ1n) is 6.39. The molecule has 21 heavy (non-hydrogen) atoms. The van der Waals surface area contributed by atoms with Crippen molar-refractivity contribution in [3.05, 3.63) is 42.5 Å². The van der Waals surface area contributed by atoms with Gasteiger partial charge in [-0.2, -0.15) is 0 Å². The van der Waals surface area contributed by atoms with Crippen molar-refractivity contribution in [1.82, 2.24) is 14.8 Å². The number of aromatic nitrogens is 3. The first-order valence-corrected chi connectivity index (χ1v) is 7.37. The average Bonchev–Trinajstić information content (AvgIpc) is 2.85. The maximum absolute atomic E-state index is 10.7. The molecule has 0 radical (unpaired) electrons. The van der Waals surface area contributed by atoms with Crippen LogP contribution in [-0.2, 0) is 11.8 Å². The van der Waals surface area contributed by atoms with Crippen LogP contribution in [0.2, 0.25) is 0 Å². The Balaban J connectivity index is 2.05. The Labute approximate surface area is 125 Å². The Kier molecular flexibility index (Phi) is 3.62. The Hall–Kier alpha value is -2.34. The average molecular weight is 299 g/mol. The van der Waals surface area contributed by atoms with E-state index >= 15 is 0 Å². The van der Waals surface area contributed by atoms with E-state index in [0.717, 1.165) is 22.2 Å². The van der Waals surface area contributed by atoms with Gasteiger partial charge in [-0.1, -0.05) is 54.2 Å². The van der Waals surface area contributed by atoms with Gasteiger partial charge in [0, 0.05) is 12.6 Å². The van der Waals surface area contributed by atoms with Gasteiger partial charge in [-0.25, -0.2) is 0 Å². The second-order valence-corrected chi connectivity index (χ2v) is 5.52. The highest BCUT2D eigenvalue weighted by molar-refractivity contribution is 7.99. The summed E-state index contributed by atoms with van der Waals surface area (Å²) in [6, 6.07) is 14.1. The first kappa shape index (κ1) is 13.6. The number of aliphatic carboxylic acids is 1. The fraction of sp³-hybridized carbons (Fsp3) is 0.133. The van der Waals surface area contributed by atoms with Crippen LogP contribution < -0.4 is 0 Å². The smallest absolute Gasteiger partial charge is 0.313 e. The number of carbonyl (C=O) groups is 1. The van der Waals surface area contributed by atoms with E-state index in [0.29, 0.717) is 5.16 Å². The lowest BCUT2D eigenvalue weighted by Gasteiger charge is -2.06. The van der Waals surface area contributed by atoms with E-state index in [4.69, 9.17) is 5.11 Å². The zero-order chi connectivity index (χ0) is 14.8. The summed E-state index contributed by atoms with van der Waals surface area (Å²) >= 11 is 1.17. The Morgan fingerprint density at radius 3 is 2.76 bits per heavy atom. The van der Waals surface area contributed by atoms with Gasteiger partial charge in [0.2, 0.25) is 0 Å². The molecular formula is C15H13N3O2S. The number of thioether (sulfide) groups is 1. The highest BCUT2D eigenvalue weighted by Crippen LogP contribution is 2.29. The molecule has 0 spiro atoms. The first-order chi connectivity index (χ1) is 10.2. The van der Waals surface area contributed by atoms with Crippen molar-refractivity contribution in [1.29, 1.82) is 0 Å². The molecule has 6 heteroatoms. The number of hydrogen-bond acceptors (Lipinski definition) is 4. The molecule has 0 unspecified atom stereocenters. The van der Waals surface area contributed by atoms with E-state index in [2.05, 4.69) is 22.3 Å². The van der Waals surface area contributed by atoms with E-state index in [1.54, 1.807) is 0 Å². The maximum Gasteiger partial charge on any atom is 0.313 e. The van der Waals surface area contributed by atoms with Crippen LogP contribution in [0.5, 0.6) is 0 Å². The summed E-state index contributed by atoms with van der Waals surface area (Å²) in [5, 5.41) is 19.9. The van der Waals surface area contributed by atoms with E-state index in [-0.39, 0.29) is 5.75 Å². The number of rotatable bonds is 4. The maximum atomic E-state index is 10.7. The Morgan fingerprint density at radius 1 is 1.19 bits per heavy atom. The lowest BCUT2D eigenvalue weighted by Crippen LogP contribution is -2.01. The van der Waals surface area contributed by atoms with Crippen LogP contribution in [0.4, 0.5) is 0 Å². The minimum atomic E-state index is -0.866.